The zero-order valence-corrected chi connectivity index (χ0v) is 13.1. The maximum absolute atomic E-state index is 12.1. The maximum Gasteiger partial charge on any atom is 0.413 e. The summed E-state index contributed by atoms with van der Waals surface area (Å²) in [5.74, 6) is 3.00. The van der Waals surface area contributed by atoms with Gasteiger partial charge >= 0.3 is 12.2 Å². The molecule has 6 heteroatoms. The third kappa shape index (κ3) is 4.65. The molecule has 1 saturated carbocycles. The van der Waals surface area contributed by atoms with E-state index in [0.717, 1.165) is 32.1 Å². The van der Waals surface area contributed by atoms with Crippen LogP contribution in [0.25, 0.3) is 0 Å². The molecule has 0 spiro atoms. The van der Waals surface area contributed by atoms with Gasteiger partial charge in [-0.25, -0.2) is 9.59 Å². The summed E-state index contributed by atoms with van der Waals surface area (Å²) >= 11 is 0. The highest BCUT2D eigenvalue weighted by atomic mass is 16.6. The lowest BCUT2D eigenvalue weighted by atomic mass is 9.82. The van der Waals surface area contributed by atoms with Gasteiger partial charge in [-0.1, -0.05) is 31.2 Å². The normalized spacial score (nSPS) is 15.8. The minimum atomic E-state index is -0.628. The van der Waals surface area contributed by atoms with E-state index in [9.17, 15) is 9.59 Å². The third-order valence-corrected chi connectivity index (χ3v) is 3.80. The maximum atomic E-state index is 12.1. The monoisotopic (exact) mass is 316 g/mol. The third-order valence-electron chi connectivity index (χ3n) is 3.80. The lowest BCUT2D eigenvalue weighted by molar-refractivity contribution is 0.183. The Kier molecular flexibility index (Phi) is 5.47. The van der Waals surface area contributed by atoms with E-state index >= 15 is 0 Å². The fraction of sp³-hybridized carbons (Fsp3) is 0.412. The number of rotatable bonds is 3. The Morgan fingerprint density at radius 3 is 2.61 bits per heavy atom. The molecule has 1 aliphatic rings. The number of ether oxygens (including phenoxy) is 2. The van der Waals surface area contributed by atoms with Crippen molar-refractivity contribution in [3.8, 4) is 18.1 Å². The molecule has 0 saturated heterocycles. The molecule has 1 aromatic rings. The molecule has 2 rings (SSSR count). The van der Waals surface area contributed by atoms with Crippen LogP contribution in [0.1, 0.15) is 32.1 Å². The van der Waals surface area contributed by atoms with Gasteiger partial charge in [0.05, 0.1) is 7.11 Å². The van der Waals surface area contributed by atoms with Gasteiger partial charge in [-0.3, -0.25) is 5.32 Å². The van der Waals surface area contributed by atoms with Gasteiger partial charge in [-0.05, 0) is 25.0 Å². The SMILES string of the molecule is C#CC1(NC(=O)Oc2cccc(NC(=O)OC)c2)CCCCC1. The summed E-state index contributed by atoms with van der Waals surface area (Å²) in [7, 11) is 1.27. The summed E-state index contributed by atoms with van der Waals surface area (Å²) in [4.78, 5) is 23.3. The van der Waals surface area contributed by atoms with Crippen LogP contribution in [0.15, 0.2) is 24.3 Å². The second kappa shape index (κ2) is 7.54. The lowest BCUT2D eigenvalue weighted by Crippen LogP contribution is -2.49. The highest BCUT2D eigenvalue weighted by molar-refractivity contribution is 5.85. The van der Waals surface area contributed by atoms with E-state index in [1.54, 1.807) is 18.2 Å². The Hall–Kier alpha value is -2.68. The first kappa shape index (κ1) is 16.7. The van der Waals surface area contributed by atoms with Gasteiger partial charge in [0.1, 0.15) is 11.3 Å². The number of hydrogen-bond donors (Lipinski definition) is 2. The highest BCUT2D eigenvalue weighted by Gasteiger charge is 2.32. The van der Waals surface area contributed by atoms with Crippen LogP contribution in [0.4, 0.5) is 15.3 Å². The van der Waals surface area contributed by atoms with Crippen LogP contribution in [-0.4, -0.2) is 24.8 Å². The number of hydrogen-bond acceptors (Lipinski definition) is 4. The van der Waals surface area contributed by atoms with Gasteiger partial charge < -0.3 is 14.8 Å². The Balaban J connectivity index is 1.98. The predicted octanol–water partition coefficient (Wildman–Crippen LogP) is 3.29. The summed E-state index contributed by atoms with van der Waals surface area (Å²) in [6, 6.07) is 6.46. The zero-order chi connectivity index (χ0) is 16.7. The van der Waals surface area contributed by atoms with Crippen LogP contribution < -0.4 is 15.4 Å². The van der Waals surface area contributed by atoms with Gasteiger partial charge in [-0.15, -0.1) is 6.42 Å². The highest BCUT2D eigenvalue weighted by Crippen LogP contribution is 2.28. The van der Waals surface area contributed by atoms with E-state index in [4.69, 9.17) is 11.2 Å². The van der Waals surface area contributed by atoms with Gasteiger partial charge in [0, 0.05) is 11.8 Å². The first-order chi connectivity index (χ1) is 11.1. The molecule has 2 amide bonds. The smallest absolute Gasteiger partial charge is 0.413 e. The van der Waals surface area contributed by atoms with Crippen LogP contribution in [0, 0.1) is 12.3 Å². The van der Waals surface area contributed by atoms with Crippen molar-refractivity contribution in [2.45, 2.75) is 37.6 Å². The van der Waals surface area contributed by atoms with Crippen molar-refractivity contribution in [3.63, 3.8) is 0 Å². The fourth-order valence-corrected chi connectivity index (χ4v) is 2.59. The first-order valence-electron chi connectivity index (χ1n) is 7.50. The van der Waals surface area contributed by atoms with Crippen LogP contribution in [0.5, 0.6) is 5.75 Å². The number of carbonyl (C=O) groups is 2. The average molecular weight is 316 g/mol. The molecular formula is C17H20N2O4. The number of methoxy groups -OCH3 is 1. The molecule has 1 aliphatic carbocycles. The molecule has 0 bridgehead atoms. The van der Waals surface area contributed by atoms with Crippen LogP contribution in [0.3, 0.4) is 0 Å². The fourth-order valence-electron chi connectivity index (χ4n) is 2.59. The summed E-state index contributed by atoms with van der Waals surface area (Å²) in [5, 5.41) is 5.29. The minimum Gasteiger partial charge on any atom is -0.453 e. The van der Waals surface area contributed by atoms with Gasteiger partial charge in [0.15, 0.2) is 0 Å². The minimum absolute atomic E-state index is 0.305. The van der Waals surface area contributed by atoms with Gasteiger partial charge in [0.2, 0.25) is 0 Å². The summed E-state index contributed by atoms with van der Waals surface area (Å²) in [6.07, 6.45) is 9.01. The number of carbonyl (C=O) groups excluding carboxylic acids is 2. The molecule has 0 aromatic heterocycles. The molecule has 0 unspecified atom stereocenters. The van der Waals surface area contributed by atoms with Gasteiger partial charge in [0.25, 0.3) is 0 Å². The van der Waals surface area contributed by atoms with Crippen molar-refractivity contribution in [2.75, 3.05) is 12.4 Å². The van der Waals surface area contributed by atoms with Crippen molar-refractivity contribution < 1.29 is 19.1 Å². The van der Waals surface area contributed by atoms with Crippen molar-refractivity contribution in [3.05, 3.63) is 24.3 Å². The molecule has 0 atom stereocenters. The Morgan fingerprint density at radius 1 is 1.22 bits per heavy atom. The number of anilines is 1. The second-order valence-corrected chi connectivity index (χ2v) is 5.45. The predicted molar refractivity (Wildman–Crippen MR) is 86.3 cm³/mol. The summed E-state index contributed by atoms with van der Waals surface area (Å²) in [6.45, 7) is 0. The Bertz CT molecular complexity index is 615. The van der Waals surface area contributed by atoms with E-state index in [2.05, 4.69) is 21.3 Å². The topological polar surface area (TPSA) is 76.7 Å². The largest absolute Gasteiger partial charge is 0.453 e. The molecule has 23 heavy (non-hydrogen) atoms. The number of terminal acetylenes is 1. The Morgan fingerprint density at radius 2 is 1.96 bits per heavy atom. The molecule has 6 nitrogen and oxygen atoms in total. The molecule has 1 fully saturated rings. The van der Waals surface area contributed by atoms with Crippen molar-refractivity contribution in [1.29, 1.82) is 0 Å². The summed E-state index contributed by atoms with van der Waals surface area (Å²) < 4.78 is 9.77. The van der Waals surface area contributed by atoms with Crippen molar-refractivity contribution in [1.82, 2.24) is 5.32 Å². The van der Waals surface area contributed by atoms with E-state index in [1.165, 1.54) is 13.2 Å². The lowest BCUT2D eigenvalue weighted by Gasteiger charge is -2.32. The number of amides is 2. The second-order valence-electron chi connectivity index (χ2n) is 5.45. The standard InChI is InChI=1S/C17H20N2O4/c1-3-17(10-5-4-6-11-17)19-16(21)23-14-9-7-8-13(12-14)18-15(20)22-2/h1,7-9,12H,4-6,10-11H2,2H3,(H,18,20)(H,19,21). The molecule has 1 aromatic carbocycles. The molecule has 0 radical (unpaired) electrons. The number of benzene rings is 1. The quantitative estimate of drug-likeness (QED) is 0.839. The van der Waals surface area contributed by atoms with Gasteiger partial charge in [-0.2, -0.15) is 0 Å². The molecule has 0 aliphatic heterocycles. The summed E-state index contributed by atoms with van der Waals surface area (Å²) in [5.41, 5.74) is -0.163. The van der Waals surface area contributed by atoms with Crippen molar-refractivity contribution >= 4 is 17.9 Å². The zero-order valence-electron chi connectivity index (χ0n) is 13.1. The van der Waals surface area contributed by atoms with Crippen LogP contribution in [-0.2, 0) is 4.74 Å². The molecular weight excluding hydrogens is 296 g/mol. The van der Waals surface area contributed by atoms with Crippen LogP contribution in [0.2, 0.25) is 0 Å². The molecule has 2 N–H and O–H groups in total. The van der Waals surface area contributed by atoms with E-state index in [-0.39, 0.29) is 0 Å². The molecule has 0 heterocycles. The van der Waals surface area contributed by atoms with E-state index < -0.39 is 17.7 Å². The van der Waals surface area contributed by atoms with Crippen molar-refractivity contribution in [2.24, 2.45) is 0 Å². The van der Waals surface area contributed by atoms with E-state index in [0.29, 0.717) is 11.4 Å². The first-order valence-corrected chi connectivity index (χ1v) is 7.50. The average Bonchev–Trinajstić information content (AvgIpc) is 2.55. The van der Waals surface area contributed by atoms with E-state index in [1.807, 2.05) is 0 Å². The number of nitrogens with one attached hydrogen (secondary N) is 2. The molecule has 122 valence electrons. The van der Waals surface area contributed by atoms with Crippen LogP contribution >= 0.6 is 0 Å². The Labute approximate surface area is 135 Å².